The highest BCUT2D eigenvalue weighted by atomic mass is 32.1. The van der Waals surface area contributed by atoms with E-state index in [9.17, 15) is 14.3 Å². The van der Waals surface area contributed by atoms with Crippen LogP contribution in [0.5, 0.6) is 5.75 Å². The highest BCUT2D eigenvalue weighted by Crippen LogP contribution is 2.48. The van der Waals surface area contributed by atoms with E-state index >= 15 is 0 Å². The van der Waals surface area contributed by atoms with Gasteiger partial charge in [0.25, 0.3) is 0 Å². The number of rotatable bonds is 5. The van der Waals surface area contributed by atoms with Crippen LogP contribution in [0.1, 0.15) is 49.3 Å². The van der Waals surface area contributed by atoms with Gasteiger partial charge in [-0.3, -0.25) is 0 Å². The molecule has 2 aromatic heterocycles. The Bertz CT molecular complexity index is 1170. The molecule has 0 saturated heterocycles. The molecule has 0 fully saturated rings. The van der Waals surface area contributed by atoms with E-state index in [0.717, 1.165) is 45.0 Å². The first-order valence-corrected chi connectivity index (χ1v) is 11.4. The highest BCUT2D eigenvalue weighted by molar-refractivity contribution is 7.16. The number of carboxylic acid groups (broad SMARTS) is 1. The van der Waals surface area contributed by atoms with Crippen molar-refractivity contribution in [1.82, 2.24) is 4.98 Å². The molecule has 0 spiro atoms. The summed E-state index contributed by atoms with van der Waals surface area (Å²) in [5.41, 5.74) is 3.29. The van der Waals surface area contributed by atoms with Gasteiger partial charge in [-0.05, 0) is 75.4 Å². The normalized spacial score (nSPS) is 14.5. The Morgan fingerprint density at radius 3 is 2.72 bits per heavy atom. The third-order valence-electron chi connectivity index (χ3n) is 5.27. The number of nitrogens with zero attached hydrogens (tertiary/aromatic N) is 1. The van der Waals surface area contributed by atoms with Crippen LogP contribution in [0.3, 0.4) is 0 Å². The predicted octanol–water partition coefficient (Wildman–Crippen LogP) is 6.19. The molecule has 3 aromatic rings. The molecule has 7 heteroatoms. The van der Waals surface area contributed by atoms with Gasteiger partial charge in [0, 0.05) is 33.1 Å². The molecule has 1 N–H and O–H groups in total. The Morgan fingerprint density at radius 1 is 1.25 bits per heavy atom. The van der Waals surface area contributed by atoms with Gasteiger partial charge in [-0.25, -0.2) is 9.78 Å². The fraction of sp³-hybridized carbons (Fsp3) is 0.360. The van der Waals surface area contributed by atoms with Crippen LogP contribution >= 0.6 is 11.3 Å². The van der Waals surface area contributed by atoms with Gasteiger partial charge in [0.15, 0.2) is 6.10 Å². The first-order chi connectivity index (χ1) is 15.1. The minimum atomic E-state index is -1.16. The number of hydrogen-bond donors (Lipinski definition) is 1. The molecule has 1 aromatic carbocycles. The molecule has 0 bridgehead atoms. The number of aromatic nitrogens is 1. The average molecular weight is 456 g/mol. The van der Waals surface area contributed by atoms with Crippen LogP contribution in [0.2, 0.25) is 0 Å². The van der Waals surface area contributed by atoms with Crippen molar-refractivity contribution in [1.29, 1.82) is 0 Å². The maximum Gasteiger partial charge on any atom is 0.337 e. The number of benzene rings is 1. The van der Waals surface area contributed by atoms with Crippen LogP contribution in [0, 0.1) is 12.9 Å². The van der Waals surface area contributed by atoms with Gasteiger partial charge in [0.1, 0.15) is 5.75 Å². The Morgan fingerprint density at radius 2 is 2.03 bits per heavy atom. The third-order valence-corrected chi connectivity index (χ3v) is 6.44. The van der Waals surface area contributed by atoms with E-state index < -0.39 is 23.6 Å². The fourth-order valence-corrected chi connectivity index (χ4v) is 5.21. The van der Waals surface area contributed by atoms with Crippen molar-refractivity contribution in [3.05, 3.63) is 58.5 Å². The topological polar surface area (TPSA) is 68.7 Å². The quantitative estimate of drug-likeness (QED) is 0.465. The molecule has 1 atom stereocenters. The standard InChI is InChI=1S/C25H26FNO4S/c1-14-20(22(24(28)29)31-25(2,3)4)21(23(32-14)17-9-10-27-19(26)13-17)16-7-8-18-15(12-16)6-5-11-30-18/h7-10,12-13,22H,5-6,11H2,1-4H3,(H,28,29). The van der Waals surface area contributed by atoms with Crippen LogP contribution in [0.4, 0.5) is 4.39 Å². The third kappa shape index (κ3) is 4.54. The monoisotopic (exact) mass is 455 g/mol. The molecule has 1 aliphatic rings. The van der Waals surface area contributed by atoms with E-state index in [1.54, 1.807) is 6.07 Å². The minimum absolute atomic E-state index is 0.583. The summed E-state index contributed by atoms with van der Waals surface area (Å²) in [6.45, 7) is 8.07. The van der Waals surface area contributed by atoms with E-state index in [0.29, 0.717) is 17.7 Å². The number of aryl methyl sites for hydroxylation is 2. The SMILES string of the molecule is Cc1sc(-c2ccnc(F)c2)c(-c2ccc3c(c2)CCCO3)c1C(OC(C)(C)C)C(=O)O. The van der Waals surface area contributed by atoms with Crippen LogP contribution in [-0.2, 0) is 16.0 Å². The zero-order valence-electron chi connectivity index (χ0n) is 18.6. The van der Waals surface area contributed by atoms with Crippen molar-refractivity contribution in [2.24, 2.45) is 0 Å². The molecule has 4 rings (SSSR count). The number of hydrogen-bond acceptors (Lipinski definition) is 5. The number of halogens is 1. The summed E-state index contributed by atoms with van der Waals surface area (Å²) in [5, 5.41) is 10.1. The van der Waals surface area contributed by atoms with Crippen molar-refractivity contribution >= 4 is 17.3 Å². The first kappa shape index (κ1) is 22.4. The summed E-state index contributed by atoms with van der Waals surface area (Å²) in [6.07, 6.45) is 2.08. The van der Waals surface area contributed by atoms with Gasteiger partial charge < -0.3 is 14.6 Å². The van der Waals surface area contributed by atoms with E-state index in [1.807, 2.05) is 39.8 Å². The Hall–Kier alpha value is -2.77. The molecule has 5 nitrogen and oxygen atoms in total. The Kier molecular flexibility index (Phi) is 6.05. The number of ether oxygens (including phenoxy) is 2. The summed E-state index contributed by atoms with van der Waals surface area (Å²) in [6, 6.07) is 9.03. The molecular weight excluding hydrogens is 429 g/mol. The van der Waals surface area contributed by atoms with Crippen molar-refractivity contribution in [2.45, 2.75) is 52.2 Å². The molecule has 0 amide bonds. The molecule has 0 saturated carbocycles. The number of carboxylic acids is 1. The summed E-state index contributed by atoms with van der Waals surface area (Å²) in [4.78, 5) is 17.6. The van der Waals surface area contributed by atoms with Crippen molar-refractivity contribution < 1.29 is 23.8 Å². The van der Waals surface area contributed by atoms with Gasteiger partial charge in [0.05, 0.1) is 12.2 Å². The van der Waals surface area contributed by atoms with E-state index in [4.69, 9.17) is 9.47 Å². The largest absolute Gasteiger partial charge is 0.493 e. The lowest BCUT2D eigenvalue weighted by atomic mass is 9.92. The number of fused-ring (bicyclic) bond motifs is 1. The van der Waals surface area contributed by atoms with Gasteiger partial charge >= 0.3 is 5.97 Å². The van der Waals surface area contributed by atoms with Gasteiger partial charge in [0.2, 0.25) is 5.95 Å². The summed E-state index contributed by atoms with van der Waals surface area (Å²) in [5.74, 6) is -0.790. The second-order valence-electron chi connectivity index (χ2n) is 8.87. The number of thiophene rings is 1. The molecule has 168 valence electrons. The molecular formula is C25H26FNO4S. The Labute approximate surface area is 190 Å². The zero-order valence-corrected chi connectivity index (χ0v) is 19.4. The van der Waals surface area contributed by atoms with Gasteiger partial charge in [-0.15, -0.1) is 11.3 Å². The summed E-state index contributed by atoms with van der Waals surface area (Å²) in [7, 11) is 0. The molecule has 0 radical (unpaired) electrons. The first-order valence-electron chi connectivity index (χ1n) is 10.6. The second kappa shape index (κ2) is 8.64. The predicted molar refractivity (Wildman–Crippen MR) is 123 cm³/mol. The second-order valence-corrected chi connectivity index (χ2v) is 10.1. The van der Waals surface area contributed by atoms with Crippen molar-refractivity contribution in [3.8, 4) is 27.3 Å². The number of aliphatic carboxylic acids is 1. The van der Waals surface area contributed by atoms with E-state index in [-0.39, 0.29) is 0 Å². The lowest BCUT2D eigenvalue weighted by Crippen LogP contribution is -2.27. The van der Waals surface area contributed by atoms with Crippen molar-refractivity contribution in [3.63, 3.8) is 0 Å². The van der Waals surface area contributed by atoms with Gasteiger partial charge in [-0.1, -0.05) is 6.07 Å². The minimum Gasteiger partial charge on any atom is -0.493 e. The molecule has 1 unspecified atom stereocenters. The molecule has 3 heterocycles. The van der Waals surface area contributed by atoms with E-state index in [1.165, 1.54) is 23.6 Å². The lowest BCUT2D eigenvalue weighted by Gasteiger charge is -2.26. The van der Waals surface area contributed by atoms with Crippen LogP contribution in [0.15, 0.2) is 36.5 Å². The molecule has 32 heavy (non-hydrogen) atoms. The average Bonchev–Trinajstić information content (AvgIpc) is 3.07. The highest BCUT2D eigenvalue weighted by Gasteiger charge is 2.34. The zero-order chi connectivity index (χ0) is 23.0. The number of carbonyl (C=O) groups is 1. The smallest absolute Gasteiger partial charge is 0.337 e. The molecule has 0 aliphatic carbocycles. The maximum atomic E-state index is 14.0. The summed E-state index contributed by atoms with van der Waals surface area (Å²) >= 11 is 1.44. The fourth-order valence-electron chi connectivity index (χ4n) is 4.01. The van der Waals surface area contributed by atoms with E-state index in [2.05, 4.69) is 11.1 Å². The Balaban J connectivity index is 1.97. The lowest BCUT2D eigenvalue weighted by molar-refractivity contribution is -0.160. The van der Waals surface area contributed by atoms with Crippen LogP contribution in [0.25, 0.3) is 21.6 Å². The number of pyridine rings is 1. The van der Waals surface area contributed by atoms with Crippen LogP contribution in [-0.4, -0.2) is 28.3 Å². The maximum absolute atomic E-state index is 14.0. The van der Waals surface area contributed by atoms with Crippen LogP contribution < -0.4 is 4.74 Å². The molecule has 1 aliphatic heterocycles. The van der Waals surface area contributed by atoms with Crippen molar-refractivity contribution in [2.75, 3.05) is 6.61 Å². The van der Waals surface area contributed by atoms with Gasteiger partial charge in [-0.2, -0.15) is 4.39 Å². The summed E-state index contributed by atoms with van der Waals surface area (Å²) < 4.78 is 25.8.